The maximum atomic E-state index is 10.8. The van der Waals surface area contributed by atoms with Gasteiger partial charge >= 0.3 is 5.97 Å². The Morgan fingerprint density at radius 1 is 1.32 bits per heavy atom. The predicted molar refractivity (Wildman–Crippen MR) is 129 cm³/mol. The van der Waals surface area contributed by atoms with Crippen LogP contribution in [0.5, 0.6) is 11.5 Å². The van der Waals surface area contributed by atoms with Crippen molar-refractivity contribution < 1.29 is 19.4 Å². The van der Waals surface area contributed by atoms with Gasteiger partial charge in [-0.15, -0.1) is 11.6 Å². The number of ether oxygens (including phenoxy) is 2. The van der Waals surface area contributed by atoms with E-state index in [1.807, 2.05) is 52.8 Å². The van der Waals surface area contributed by atoms with Crippen LogP contribution >= 0.6 is 11.6 Å². The number of alkyl halides is 1. The minimum absolute atomic E-state index is 0.435. The predicted octanol–water partition coefficient (Wildman–Crippen LogP) is 7.12. The molecule has 168 valence electrons. The van der Waals surface area contributed by atoms with Gasteiger partial charge < -0.3 is 14.6 Å². The molecule has 1 aromatic rings. The second-order valence-electron chi connectivity index (χ2n) is 8.62. The Morgan fingerprint density at radius 3 is 2.55 bits per heavy atom. The molecular formula is C26H33ClO4. The molecule has 1 heterocycles. The molecule has 1 N–H and O–H groups in total. The molecule has 0 amide bonds. The molecule has 0 fully saturated rings. The highest BCUT2D eigenvalue weighted by Gasteiger charge is 2.34. The SMILES string of the molecule is CCOc1c(C(=CC=CC(C)=CC(=O)O)CC)cc2c(c1C(C)(C)Cl)OC(C)(C)C=C2. The van der Waals surface area contributed by atoms with Gasteiger partial charge in [-0.25, -0.2) is 4.79 Å². The second-order valence-corrected chi connectivity index (χ2v) is 9.57. The number of hydrogen-bond donors (Lipinski definition) is 1. The van der Waals surface area contributed by atoms with Crippen LogP contribution in [0.25, 0.3) is 11.6 Å². The van der Waals surface area contributed by atoms with E-state index in [0.29, 0.717) is 12.2 Å². The first-order valence-electron chi connectivity index (χ1n) is 10.6. The Morgan fingerprint density at radius 2 is 2.00 bits per heavy atom. The molecule has 4 nitrogen and oxygen atoms in total. The summed E-state index contributed by atoms with van der Waals surface area (Å²) in [6.07, 6.45) is 11.7. The van der Waals surface area contributed by atoms with E-state index >= 15 is 0 Å². The first kappa shape index (κ1) is 24.8. The van der Waals surface area contributed by atoms with Gasteiger partial charge in [0, 0.05) is 17.2 Å². The Bertz CT molecular complexity index is 957. The zero-order valence-corrected chi connectivity index (χ0v) is 20.3. The van der Waals surface area contributed by atoms with E-state index in [2.05, 4.69) is 19.1 Å². The molecule has 0 aromatic heterocycles. The summed E-state index contributed by atoms with van der Waals surface area (Å²) in [6, 6.07) is 2.08. The Hall–Kier alpha value is -2.46. The van der Waals surface area contributed by atoms with E-state index in [1.54, 1.807) is 13.0 Å². The lowest BCUT2D eigenvalue weighted by Crippen LogP contribution is -2.30. The average Bonchev–Trinajstić information content (AvgIpc) is 2.63. The third kappa shape index (κ3) is 6.27. The summed E-state index contributed by atoms with van der Waals surface area (Å²) >= 11 is 6.86. The highest BCUT2D eigenvalue weighted by molar-refractivity contribution is 6.24. The fourth-order valence-corrected chi connectivity index (χ4v) is 3.69. The fourth-order valence-electron chi connectivity index (χ4n) is 3.52. The van der Waals surface area contributed by atoms with E-state index in [4.69, 9.17) is 26.2 Å². The zero-order chi connectivity index (χ0) is 23.4. The Kier molecular flexibility index (Phi) is 7.82. The standard InChI is InChI=1S/C26H33ClO4/c1-8-18(12-10-11-17(3)15-21(28)29)20-16-19-13-14-25(4,5)31-23(19)22(26(6,7)27)24(20)30-9-2/h10-16H,8-9H2,1-7H3,(H,28,29). The minimum atomic E-state index is -0.959. The van der Waals surface area contributed by atoms with Crippen LogP contribution in [0, 0.1) is 0 Å². The molecule has 0 saturated carbocycles. The van der Waals surface area contributed by atoms with Crippen molar-refractivity contribution in [2.24, 2.45) is 0 Å². The number of fused-ring (bicyclic) bond motifs is 1. The lowest BCUT2D eigenvalue weighted by molar-refractivity contribution is -0.131. The number of halogens is 1. The van der Waals surface area contributed by atoms with Gasteiger partial charge in [0.2, 0.25) is 0 Å². The number of carbonyl (C=O) groups is 1. The monoisotopic (exact) mass is 444 g/mol. The van der Waals surface area contributed by atoms with Crippen LogP contribution in [0.15, 0.2) is 42.0 Å². The van der Waals surface area contributed by atoms with Crippen molar-refractivity contribution in [1.82, 2.24) is 0 Å². The third-order valence-electron chi connectivity index (χ3n) is 4.91. The topological polar surface area (TPSA) is 55.8 Å². The van der Waals surface area contributed by atoms with Gasteiger partial charge in [0.15, 0.2) is 0 Å². The quantitative estimate of drug-likeness (QED) is 0.263. The molecule has 1 aromatic carbocycles. The Balaban J connectivity index is 2.72. The molecule has 0 radical (unpaired) electrons. The number of allylic oxidation sites excluding steroid dienone is 5. The van der Waals surface area contributed by atoms with Crippen molar-refractivity contribution in [1.29, 1.82) is 0 Å². The van der Waals surface area contributed by atoms with Gasteiger partial charge in [-0.1, -0.05) is 31.2 Å². The van der Waals surface area contributed by atoms with Crippen LogP contribution in [0.2, 0.25) is 0 Å². The third-order valence-corrected chi connectivity index (χ3v) is 5.10. The largest absolute Gasteiger partial charge is 0.493 e. The minimum Gasteiger partial charge on any atom is -0.493 e. The summed E-state index contributed by atoms with van der Waals surface area (Å²) in [5.41, 5.74) is 4.05. The molecule has 5 heteroatoms. The number of aliphatic carboxylic acids is 1. The van der Waals surface area contributed by atoms with Crippen molar-refractivity contribution in [3.05, 3.63) is 58.7 Å². The van der Waals surface area contributed by atoms with E-state index in [-0.39, 0.29) is 0 Å². The second kappa shape index (κ2) is 9.78. The molecule has 0 saturated heterocycles. The molecule has 0 bridgehead atoms. The van der Waals surface area contributed by atoms with Crippen LogP contribution in [0.1, 0.15) is 71.6 Å². The summed E-state index contributed by atoms with van der Waals surface area (Å²) in [5.74, 6) is 0.524. The molecule has 31 heavy (non-hydrogen) atoms. The summed E-state index contributed by atoms with van der Waals surface area (Å²) in [7, 11) is 0. The normalized spacial score (nSPS) is 16.3. The molecule has 0 aliphatic carbocycles. The van der Waals surface area contributed by atoms with E-state index < -0.39 is 16.4 Å². The van der Waals surface area contributed by atoms with Gasteiger partial charge in [-0.3, -0.25) is 0 Å². The van der Waals surface area contributed by atoms with E-state index in [0.717, 1.165) is 40.2 Å². The molecule has 0 unspecified atom stereocenters. The van der Waals surface area contributed by atoms with Gasteiger partial charge in [-0.2, -0.15) is 0 Å². The molecule has 1 aliphatic rings. The number of carboxylic acid groups (broad SMARTS) is 1. The highest BCUT2D eigenvalue weighted by atomic mass is 35.5. The van der Waals surface area contributed by atoms with Crippen molar-refractivity contribution >= 4 is 29.2 Å². The molecule has 0 spiro atoms. The van der Waals surface area contributed by atoms with Gasteiger partial charge in [0.25, 0.3) is 0 Å². The number of benzene rings is 1. The summed E-state index contributed by atoms with van der Waals surface area (Å²) in [4.78, 5) is 10.1. The summed E-state index contributed by atoms with van der Waals surface area (Å²) < 4.78 is 12.5. The van der Waals surface area contributed by atoms with Crippen molar-refractivity contribution in [2.45, 2.75) is 65.4 Å². The van der Waals surface area contributed by atoms with E-state index in [9.17, 15) is 4.79 Å². The highest BCUT2D eigenvalue weighted by Crippen LogP contribution is 2.50. The van der Waals surface area contributed by atoms with Crippen LogP contribution in [0.3, 0.4) is 0 Å². The van der Waals surface area contributed by atoms with Crippen molar-refractivity contribution in [2.75, 3.05) is 6.61 Å². The molecule has 0 atom stereocenters. The molecule has 1 aliphatic heterocycles. The average molecular weight is 445 g/mol. The molecular weight excluding hydrogens is 412 g/mol. The number of hydrogen-bond acceptors (Lipinski definition) is 3. The van der Waals surface area contributed by atoms with Crippen LogP contribution in [-0.2, 0) is 9.67 Å². The first-order valence-corrected chi connectivity index (χ1v) is 11.0. The maximum absolute atomic E-state index is 10.8. The van der Waals surface area contributed by atoms with Gasteiger partial charge in [-0.05, 0) is 71.3 Å². The van der Waals surface area contributed by atoms with Crippen LogP contribution < -0.4 is 9.47 Å². The summed E-state index contributed by atoms with van der Waals surface area (Å²) in [5, 5.41) is 8.90. The molecule has 2 rings (SSSR count). The lowest BCUT2D eigenvalue weighted by atomic mass is 9.88. The van der Waals surface area contributed by atoms with Crippen molar-refractivity contribution in [3.63, 3.8) is 0 Å². The number of carboxylic acids is 1. The van der Waals surface area contributed by atoms with Crippen LogP contribution in [-0.4, -0.2) is 23.3 Å². The van der Waals surface area contributed by atoms with Gasteiger partial charge in [0.1, 0.15) is 17.1 Å². The summed E-state index contributed by atoms with van der Waals surface area (Å²) in [6.45, 7) is 14.2. The maximum Gasteiger partial charge on any atom is 0.328 e. The lowest BCUT2D eigenvalue weighted by Gasteiger charge is -2.34. The fraction of sp³-hybridized carbons (Fsp3) is 0.423. The smallest absolute Gasteiger partial charge is 0.328 e. The number of rotatable bonds is 8. The Labute approximate surface area is 190 Å². The van der Waals surface area contributed by atoms with Crippen molar-refractivity contribution in [3.8, 4) is 11.5 Å². The van der Waals surface area contributed by atoms with Crippen LogP contribution in [0.4, 0.5) is 0 Å². The van der Waals surface area contributed by atoms with Gasteiger partial charge in [0.05, 0.1) is 17.0 Å². The zero-order valence-electron chi connectivity index (χ0n) is 19.5. The first-order chi connectivity index (χ1) is 14.4. The van der Waals surface area contributed by atoms with E-state index in [1.165, 1.54) is 6.08 Å².